The molecule has 1 aromatic carbocycles. The van der Waals surface area contributed by atoms with E-state index in [0.717, 1.165) is 42.9 Å². The van der Waals surface area contributed by atoms with Crippen LogP contribution in [0, 0.1) is 0 Å². The highest BCUT2D eigenvalue weighted by molar-refractivity contribution is 5.73. The molecule has 1 aromatic rings. The first kappa shape index (κ1) is 9.51. The molecule has 0 bridgehead atoms. The number of anilines is 1. The van der Waals surface area contributed by atoms with Gasteiger partial charge >= 0.3 is 0 Å². The van der Waals surface area contributed by atoms with Crippen LogP contribution in [0.3, 0.4) is 0 Å². The van der Waals surface area contributed by atoms with Gasteiger partial charge in [0.15, 0.2) is 11.5 Å². The van der Waals surface area contributed by atoms with Gasteiger partial charge in [0.2, 0.25) is 6.41 Å². The summed E-state index contributed by atoms with van der Waals surface area (Å²) in [7, 11) is 0. The Hall–Kier alpha value is -1.71. The minimum absolute atomic E-state index is 0.428. The van der Waals surface area contributed by atoms with E-state index in [2.05, 4.69) is 5.32 Å². The predicted octanol–water partition coefficient (Wildman–Crippen LogP) is 2.30. The number of ether oxygens (including phenoxy) is 2. The van der Waals surface area contributed by atoms with Gasteiger partial charge in [-0.1, -0.05) is 0 Å². The zero-order chi connectivity index (χ0) is 11.0. The molecule has 1 saturated carbocycles. The van der Waals surface area contributed by atoms with Crippen molar-refractivity contribution in [2.75, 3.05) is 5.32 Å². The van der Waals surface area contributed by atoms with E-state index in [9.17, 15) is 4.79 Å². The van der Waals surface area contributed by atoms with Gasteiger partial charge in [-0.25, -0.2) is 0 Å². The Morgan fingerprint density at radius 2 is 1.94 bits per heavy atom. The number of rotatable bonds is 2. The fraction of sp³-hybridized carbons (Fsp3) is 0.417. The van der Waals surface area contributed by atoms with Crippen molar-refractivity contribution in [2.45, 2.75) is 31.5 Å². The van der Waals surface area contributed by atoms with Crippen molar-refractivity contribution in [3.8, 4) is 11.5 Å². The Labute approximate surface area is 93.5 Å². The highest BCUT2D eigenvalue weighted by Crippen LogP contribution is 2.47. The smallest absolute Gasteiger partial charge is 0.251 e. The average molecular weight is 219 g/mol. The van der Waals surface area contributed by atoms with Crippen molar-refractivity contribution < 1.29 is 14.3 Å². The van der Waals surface area contributed by atoms with Crippen molar-refractivity contribution in [1.29, 1.82) is 0 Å². The normalized spacial score (nSPS) is 20.0. The zero-order valence-electron chi connectivity index (χ0n) is 8.86. The van der Waals surface area contributed by atoms with Crippen LogP contribution in [0.5, 0.6) is 11.5 Å². The lowest BCUT2D eigenvalue weighted by atomic mass is 10.2. The molecule has 0 saturated heterocycles. The number of fused-ring (bicyclic) bond motifs is 1. The molecule has 0 atom stereocenters. The Balaban J connectivity index is 1.88. The molecule has 1 spiro atoms. The first-order chi connectivity index (χ1) is 7.81. The van der Waals surface area contributed by atoms with E-state index < -0.39 is 5.79 Å². The third-order valence-corrected chi connectivity index (χ3v) is 3.13. The molecule has 16 heavy (non-hydrogen) atoms. The summed E-state index contributed by atoms with van der Waals surface area (Å²) in [5.74, 6) is 1.08. The molecule has 4 heteroatoms. The van der Waals surface area contributed by atoms with Crippen LogP contribution < -0.4 is 14.8 Å². The quantitative estimate of drug-likeness (QED) is 0.776. The Morgan fingerprint density at radius 1 is 1.19 bits per heavy atom. The van der Waals surface area contributed by atoms with E-state index in [0.29, 0.717) is 6.41 Å². The van der Waals surface area contributed by atoms with Gasteiger partial charge in [-0.3, -0.25) is 4.79 Å². The first-order valence-electron chi connectivity index (χ1n) is 5.54. The summed E-state index contributed by atoms with van der Waals surface area (Å²) in [5, 5.41) is 2.60. The third kappa shape index (κ3) is 1.41. The molecule has 1 fully saturated rings. The van der Waals surface area contributed by atoms with Crippen LogP contribution in [0.2, 0.25) is 0 Å². The van der Waals surface area contributed by atoms with E-state index in [1.54, 1.807) is 6.07 Å². The second kappa shape index (κ2) is 3.40. The number of hydrogen-bond donors (Lipinski definition) is 1. The topological polar surface area (TPSA) is 47.6 Å². The summed E-state index contributed by atoms with van der Waals surface area (Å²) >= 11 is 0. The molecular weight excluding hydrogens is 206 g/mol. The molecule has 1 amide bonds. The molecule has 1 aliphatic carbocycles. The summed E-state index contributed by atoms with van der Waals surface area (Å²) in [6.45, 7) is 0. The van der Waals surface area contributed by atoms with Gasteiger partial charge in [0.1, 0.15) is 0 Å². The number of amides is 1. The Morgan fingerprint density at radius 3 is 2.69 bits per heavy atom. The second-order valence-corrected chi connectivity index (χ2v) is 4.25. The highest BCUT2D eigenvalue weighted by atomic mass is 16.7. The van der Waals surface area contributed by atoms with Crippen molar-refractivity contribution in [2.24, 2.45) is 0 Å². The van der Waals surface area contributed by atoms with E-state index in [1.807, 2.05) is 12.1 Å². The fourth-order valence-electron chi connectivity index (χ4n) is 2.37. The summed E-state index contributed by atoms with van der Waals surface area (Å²) in [6, 6.07) is 5.45. The van der Waals surface area contributed by atoms with Gasteiger partial charge in [-0.15, -0.1) is 0 Å². The van der Waals surface area contributed by atoms with Gasteiger partial charge in [-0.05, 0) is 25.0 Å². The molecular formula is C12H13NO3. The lowest BCUT2D eigenvalue weighted by molar-refractivity contribution is -0.105. The lowest BCUT2D eigenvalue weighted by Crippen LogP contribution is -2.34. The maximum atomic E-state index is 10.3. The predicted molar refractivity (Wildman–Crippen MR) is 58.6 cm³/mol. The number of nitrogens with one attached hydrogen (secondary N) is 1. The largest absolute Gasteiger partial charge is 0.448 e. The van der Waals surface area contributed by atoms with E-state index in [1.165, 1.54) is 0 Å². The molecule has 4 nitrogen and oxygen atoms in total. The molecule has 1 aliphatic heterocycles. The number of benzene rings is 1. The standard InChI is InChI=1S/C12H13NO3/c14-8-13-9-3-4-10-11(7-9)16-12(15-10)5-1-2-6-12/h3-4,7-8H,1-2,5-6H2,(H,13,14). The van der Waals surface area contributed by atoms with Crippen LogP contribution in [-0.4, -0.2) is 12.2 Å². The molecule has 2 aliphatic rings. The van der Waals surface area contributed by atoms with E-state index >= 15 is 0 Å². The van der Waals surface area contributed by atoms with Crippen LogP contribution in [0.4, 0.5) is 5.69 Å². The van der Waals surface area contributed by atoms with Crippen LogP contribution in [0.25, 0.3) is 0 Å². The minimum Gasteiger partial charge on any atom is -0.448 e. The van der Waals surface area contributed by atoms with Crippen molar-refractivity contribution in [3.63, 3.8) is 0 Å². The summed E-state index contributed by atoms with van der Waals surface area (Å²) < 4.78 is 11.7. The van der Waals surface area contributed by atoms with Gasteiger partial charge < -0.3 is 14.8 Å². The minimum atomic E-state index is -0.428. The fourth-order valence-corrected chi connectivity index (χ4v) is 2.37. The monoisotopic (exact) mass is 219 g/mol. The SMILES string of the molecule is O=CNc1ccc2c(c1)OC1(CCCC1)O2. The Bertz CT molecular complexity index is 424. The van der Waals surface area contributed by atoms with Gasteiger partial charge in [0, 0.05) is 24.6 Å². The van der Waals surface area contributed by atoms with E-state index in [4.69, 9.17) is 9.47 Å². The Kier molecular flexibility index (Phi) is 2.02. The second-order valence-electron chi connectivity index (χ2n) is 4.25. The molecule has 0 aromatic heterocycles. The number of hydrogen-bond acceptors (Lipinski definition) is 3. The van der Waals surface area contributed by atoms with Crippen molar-refractivity contribution in [1.82, 2.24) is 0 Å². The van der Waals surface area contributed by atoms with Gasteiger partial charge in [0.25, 0.3) is 5.79 Å². The number of carbonyl (C=O) groups excluding carboxylic acids is 1. The van der Waals surface area contributed by atoms with Crippen LogP contribution in [0.15, 0.2) is 18.2 Å². The summed E-state index contributed by atoms with van der Waals surface area (Å²) in [6.07, 6.45) is 4.83. The average Bonchev–Trinajstić information content (AvgIpc) is 2.85. The van der Waals surface area contributed by atoms with Gasteiger partial charge in [0.05, 0.1) is 0 Å². The van der Waals surface area contributed by atoms with Crippen LogP contribution >= 0.6 is 0 Å². The summed E-state index contributed by atoms with van der Waals surface area (Å²) in [5.41, 5.74) is 0.729. The molecule has 0 radical (unpaired) electrons. The lowest BCUT2D eigenvalue weighted by Gasteiger charge is -2.21. The molecule has 0 unspecified atom stereocenters. The maximum Gasteiger partial charge on any atom is 0.251 e. The van der Waals surface area contributed by atoms with Crippen LogP contribution in [0.1, 0.15) is 25.7 Å². The van der Waals surface area contributed by atoms with Crippen molar-refractivity contribution >= 4 is 12.1 Å². The van der Waals surface area contributed by atoms with Crippen LogP contribution in [-0.2, 0) is 4.79 Å². The molecule has 84 valence electrons. The molecule has 3 rings (SSSR count). The molecule has 1 heterocycles. The third-order valence-electron chi connectivity index (χ3n) is 3.13. The first-order valence-corrected chi connectivity index (χ1v) is 5.54. The van der Waals surface area contributed by atoms with Gasteiger partial charge in [-0.2, -0.15) is 0 Å². The maximum absolute atomic E-state index is 10.3. The zero-order valence-corrected chi connectivity index (χ0v) is 8.86. The molecule has 1 N–H and O–H groups in total. The van der Waals surface area contributed by atoms with E-state index in [-0.39, 0.29) is 0 Å². The number of carbonyl (C=O) groups is 1. The summed E-state index contributed by atoms with van der Waals surface area (Å²) in [4.78, 5) is 10.3. The van der Waals surface area contributed by atoms with Crippen molar-refractivity contribution in [3.05, 3.63) is 18.2 Å². The highest BCUT2D eigenvalue weighted by Gasteiger charge is 2.43.